The number of carbonyl (C=O) groups is 1. The second kappa shape index (κ2) is 5.83. The zero-order chi connectivity index (χ0) is 14.7. The summed E-state index contributed by atoms with van der Waals surface area (Å²) in [6.45, 7) is 2.03. The highest BCUT2D eigenvalue weighted by atomic mass is 35.5. The van der Waals surface area contributed by atoms with Gasteiger partial charge in [-0.25, -0.2) is 9.48 Å². The molecular weight excluding hydrogens is 284 g/mol. The SMILES string of the molecule is CCOC(=O)c1cnn(-c2nc(Cl)nc(N(C)C)n2)c1. The highest BCUT2D eigenvalue weighted by molar-refractivity contribution is 6.28. The molecule has 0 spiro atoms. The standard InChI is InChI=1S/C11H13ClN6O2/c1-4-20-8(19)7-5-13-18(6-7)11-15-9(12)14-10(16-11)17(2)3/h5-6H,4H2,1-3H3. The second-order valence-electron chi connectivity index (χ2n) is 3.99. The molecule has 0 bridgehead atoms. The summed E-state index contributed by atoms with van der Waals surface area (Å²) in [4.78, 5) is 25.4. The number of hydrogen-bond acceptors (Lipinski definition) is 7. The van der Waals surface area contributed by atoms with Gasteiger partial charge >= 0.3 is 5.97 Å². The van der Waals surface area contributed by atoms with Crippen LogP contribution in [-0.2, 0) is 4.74 Å². The molecule has 2 heterocycles. The zero-order valence-electron chi connectivity index (χ0n) is 11.2. The minimum atomic E-state index is -0.452. The number of nitrogens with zero attached hydrogens (tertiary/aromatic N) is 6. The Balaban J connectivity index is 2.34. The van der Waals surface area contributed by atoms with Gasteiger partial charge in [-0.3, -0.25) is 0 Å². The minimum Gasteiger partial charge on any atom is -0.462 e. The normalized spacial score (nSPS) is 10.4. The van der Waals surface area contributed by atoms with Gasteiger partial charge in [-0.05, 0) is 18.5 Å². The van der Waals surface area contributed by atoms with Gasteiger partial charge in [0.15, 0.2) is 0 Å². The molecule has 106 valence electrons. The summed E-state index contributed by atoms with van der Waals surface area (Å²) < 4.78 is 6.22. The molecule has 0 fully saturated rings. The molecule has 0 N–H and O–H groups in total. The maximum Gasteiger partial charge on any atom is 0.341 e. The van der Waals surface area contributed by atoms with Gasteiger partial charge in [0.2, 0.25) is 11.2 Å². The van der Waals surface area contributed by atoms with E-state index in [2.05, 4.69) is 20.1 Å². The lowest BCUT2D eigenvalue weighted by Crippen LogP contribution is -2.15. The number of carbonyl (C=O) groups excluding carboxylic acids is 1. The van der Waals surface area contributed by atoms with E-state index < -0.39 is 5.97 Å². The van der Waals surface area contributed by atoms with Crippen LogP contribution in [0.15, 0.2) is 12.4 Å². The fourth-order valence-electron chi connectivity index (χ4n) is 1.38. The van der Waals surface area contributed by atoms with Crippen LogP contribution in [0.3, 0.4) is 0 Å². The molecule has 0 aliphatic carbocycles. The van der Waals surface area contributed by atoms with Crippen LogP contribution in [0.25, 0.3) is 5.95 Å². The van der Waals surface area contributed by atoms with Crippen LogP contribution in [-0.4, -0.2) is 51.4 Å². The van der Waals surface area contributed by atoms with E-state index in [1.807, 2.05) is 0 Å². The van der Waals surface area contributed by atoms with Gasteiger partial charge < -0.3 is 9.64 Å². The summed E-state index contributed by atoms with van der Waals surface area (Å²) in [6.07, 6.45) is 2.86. The average Bonchev–Trinajstić information content (AvgIpc) is 2.88. The van der Waals surface area contributed by atoms with Crippen LogP contribution in [0.5, 0.6) is 0 Å². The average molecular weight is 297 g/mol. The van der Waals surface area contributed by atoms with Crippen LogP contribution in [0, 0.1) is 0 Å². The Kier molecular flexibility index (Phi) is 4.14. The van der Waals surface area contributed by atoms with E-state index >= 15 is 0 Å². The molecule has 0 unspecified atom stereocenters. The maximum atomic E-state index is 11.6. The first-order chi connectivity index (χ1) is 9.51. The van der Waals surface area contributed by atoms with Gasteiger partial charge in [0, 0.05) is 20.3 Å². The van der Waals surface area contributed by atoms with Crippen molar-refractivity contribution < 1.29 is 9.53 Å². The number of halogens is 1. The predicted octanol–water partition coefficient (Wildman–Crippen LogP) is 0.953. The highest BCUT2D eigenvalue weighted by Gasteiger charge is 2.13. The summed E-state index contributed by atoms with van der Waals surface area (Å²) in [6, 6.07) is 0. The molecule has 0 saturated heterocycles. The van der Waals surface area contributed by atoms with E-state index in [4.69, 9.17) is 16.3 Å². The third kappa shape index (κ3) is 3.02. The Morgan fingerprint density at radius 3 is 2.80 bits per heavy atom. The van der Waals surface area contributed by atoms with Gasteiger partial charge in [0.1, 0.15) is 0 Å². The second-order valence-corrected chi connectivity index (χ2v) is 4.33. The van der Waals surface area contributed by atoms with Crippen LogP contribution < -0.4 is 4.90 Å². The van der Waals surface area contributed by atoms with E-state index in [0.717, 1.165) is 0 Å². The molecule has 0 saturated carbocycles. The first-order valence-corrected chi connectivity index (χ1v) is 6.20. The van der Waals surface area contributed by atoms with E-state index in [9.17, 15) is 4.79 Å². The molecule has 2 rings (SSSR count). The highest BCUT2D eigenvalue weighted by Crippen LogP contribution is 2.12. The number of ether oxygens (including phenoxy) is 1. The van der Waals surface area contributed by atoms with Crippen LogP contribution in [0.2, 0.25) is 5.28 Å². The van der Waals surface area contributed by atoms with E-state index in [-0.39, 0.29) is 11.2 Å². The summed E-state index contributed by atoms with van der Waals surface area (Å²) in [5.74, 6) is 0.171. The lowest BCUT2D eigenvalue weighted by atomic mass is 10.4. The van der Waals surface area contributed by atoms with Crippen molar-refractivity contribution in [3.63, 3.8) is 0 Å². The third-order valence-corrected chi connectivity index (χ3v) is 2.45. The number of hydrogen-bond donors (Lipinski definition) is 0. The zero-order valence-corrected chi connectivity index (χ0v) is 12.0. The van der Waals surface area contributed by atoms with Gasteiger partial charge in [0.25, 0.3) is 5.95 Å². The van der Waals surface area contributed by atoms with Crippen molar-refractivity contribution in [2.24, 2.45) is 0 Å². The molecule has 2 aromatic heterocycles. The molecule has 9 heteroatoms. The lowest BCUT2D eigenvalue weighted by Gasteiger charge is -2.10. The maximum absolute atomic E-state index is 11.6. The molecule has 0 amide bonds. The fraction of sp³-hybridized carbons (Fsp3) is 0.364. The van der Waals surface area contributed by atoms with E-state index in [1.54, 1.807) is 25.9 Å². The van der Waals surface area contributed by atoms with Crippen molar-refractivity contribution >= 4 is 23.5 Å². The number of anilines is 1. The lowest BCUT2D eigenvalue weighted by molar-refractivity contribution is 0.0526. The first kappa shape index (κ1) is 14.2. The smallest absolute Gasteiger partial charge is 0.341 e. The van der Waals surface area contributed by atoms with E-state index in [0.29, 0.717) is 18.1 Å². The molecule has 0 radical (unpaired) electrons. The van der Waals surface area contributed by atoms with Gasteiger partial charge in [0.05, 0.1) is 18.4 Å². The Hall–Kier alpha value is -2.22. The molecule has 2 aromatic rings. The number of rotatable bonds is 4. The van der Waals surface area contributed by atoms with Crippen molar-refractivity contribution in [2.75, 3.05) is 25.6 Å². The molecule has 0 atom stereocenters. The fourth-order valence-corrected chi connectivity index (χ4v) is 1.54. The summed E-state index contributed by atoms with van der Waals surface area (Å²) in [7, 11) is 3.56. The molecular formula is C11H13ClN6O2. The first-order valence-electron chi connectivity index (χ1n) is 5.82. The summed E-state index contributed by atoms with van der Waals surface area (Å²) >= 11 is 5.84. The molecule has 20 heavy (non-hydrogen) atoms. The van der Waals surface area contributed by atoms with Gasteiger partial charge in [-0.2, -0.15) is 20.1 Å². The summed E-state index contributed by atoms with van der Waals surface area (Å²) in [5.41, 5.74) is 0.315. The molecule has 0 aromatic carbocycles. The Morgan fingerprint density at radius 2 is 2.15 bits per heavy atom. The number of esters is 1. The van der Waals surface area contributed by atoms with Crippen molar-refractivity contribution in [2.45, 2.75) is 6.92 Å². The van der Waals surface area contributed by atoms with Crippen LogP contribution in [0.4, 0.5) is 5.95 Å². The van der Waals surface area contributed by atoms with Gasteiger partial charge in [-0.1, -0.05) is 0 Å². The third-order valence-electron chi connectivity index (χ3n) is 2.28. The van der Waals surface area contributed by atoms with Crippen molar-refractivity contribution in [1.29, 1.82) is 0 Å². The van der Waals surface area contributed by atoms with Crippen molar-refractivity contribution in [1.82, 2.24) is 24.7 Å². The monoisotopic (exact) mass is 296 g/mol. The minimum absolute atomic E-state index is 0.0480. The molecule has 0 aliphatic rings. The van der Waals surface area contributed by atoms with E-state index in [1.165, 1.54) is 17.1 Å². The van der Waals surface area contributed by atoms with Crippen molar-refractivity contribution in [3.05, 3.63) is 23.2 Å². The Bertz CT molecular complexity index is 627. The van der Waals surface area contributed by atoms with Crippen LogP contribution >= 0.6 is 11.6 Å². The Labute approximate surface area is 120 Å². The molecule has 8 nitrogen and oxygen atoms in total. The number of aromatic nitrogens is 5. The summed E-state index contributed by atoms with van der Waals surface area (Å²) in [5, 5.41) is 4.07. The largest absolute Gasteiger partial charge is 0.462 e. The Morgan fingerprint density at radius 1 is 1.40 bits per heavy atom. The quantitative estimate of drug-likeness (QED) is 0.776. The van der Waals surface area contributed by atoms with Crippen molar-refractivity contribution in [3.8, 4) is 5.95 Å². The predicted molar refractivity (Wildman–Crippen MR) is 72.2 cm³/mol. The van der Waals surface area contributed by atoms with Gasteiger partial charge in [-0.15, -0.1) is 0 Å². The van der Waals surface area contributed by atoms with Crippen LogP contribution in [0.1, 0.15) is 17.3 Å². The topological polar surface area (TPSA) is 86.0 Å². The molecule has 0 aliphatic heterocycles.